The van der Waals surface area contributed by atoms with Crippen molar-refractivity contribution < 1.29 is 24.2 Å². The van der Waals surface area contributed by atoms with Crippen molar-refractivity contribution in [2.75, 3.05) is 13.2 Å². The van der Waals surface area contributed by atoms with E-state index in [-0.39, 0.29) is 25.2 Å². The van der Waals surface area contributed by atoms with E-state index in [2.05, 4.69) is 38.2 Å². The highest BCUT2D eigenvalue weighted by Gasteiger charge is 2.16. The smallest absolute Gasteiger partial charge is 0.306 e. The minimum absolute atomic E-state index is 0.0575. The monoisotopic (exact) mass is 957 g/mol. The molecule has 0 radical (unpaired) electrons. The number of rotatable bonds is 58. The van der Waals surface area contributed by atoms with Gasteiger partial charge in [-0.15, -0.1) is 0 Å². The molecule has 5 nitrogen and oxygen atoms in total. The average molecular weight is 958 g/mol. The summed E-state index contributed by atoms with van der Waals surface area (Å²) >= 11 is 0. The van der Waals surface area contributed by atoms with Gasteiger partial charge in [-0.05, 0) is 44.9 Å². The molecule has 0 aliphatic rings. The van der Waals surface area contributed by atoms with E-state index in [1.807, 2.05) is 0 Å². The van der Waals surface area contributed by atoms with E-state index in [0.29, 0.717) is 12.8 Å². The van der Waals surface area contributed by atoms with Crippen molar-refractivity contribution in [2.45, 2.75) is 354 Å². The first-order valence-electron chi connectivity index (χ1n) is 30.9. The predicted octanol–water partition coefficient (Wildman–Crippen LogP) is 20.9. The highest BCUT2D eigenvalue weighted by Crippen LogP contribution is 2.18. The van der Waals surface area contributed by atoms with Crippen LogP contribution in [0, 0.1) is 0 Å². The summed E-state index contributed by atoms with van der Waals surface area (Å²) < 4.78 is 10.7. The van der Waals surface area contributed by atoms with Crippen molar-refractivity contribution in [3.8, 4) is 0 Å². The molecule has 1 atom stereocenters. The molecule has 0 amide bonds. The molecule has 0 heterocycles. The van der Waals surface area contributed by atoms with Gasteiger partial charge in [-0.3, -0.25) is 9.59 Å². The lowest BCUT2D eigenvalue weighted by molar-refractivity contribution is -0.161. The van der Waals surface area contributed by atoms with Gasteiger partial charge in [0, 0.05) is 12.8 Å². The fourth-order valence-electron chi connectivity index (χ4n) is 9.59. The van der Waals surface area contributed by atoms with Crippen LogP contribution >= 0.6 is 0 Å². The fourth-order valence-corrected chi connectivity index (χ4v) is 9.59. The maximum atomic E-state index is 12.3. The third-order valence-corrected chi connectivity index (χ3v) is 14.2. The molecular weight excluding hydrogens is 837 g/mol. The minimum atomic E-state index is -0.766. The van der Waals surface area contributed by atoms with Gasteiger partial charge < -0.3 is 14.6 Å². The summed E-state index contributed by atoms with van der Waals surface area (Å²) in [6.45, 7) is 4.18. The number of esters is 2. The van der Waals surface area contributed by atoms with Crippen LogP contribution in [-0.2, 0) is 19.1 Å². The van der Waals surface area contributed by atoms with Crippen molar-refractivity contribution in [1.29, 1.82) is 0 Å². The molecule has 0 aliphatic carbocycles. The zero-order valence-electron chi connectivity index (χ0n) is 46.2. The van der Waals surface area contributed by atoms with E-state index < -0.39 is 6.10 Å². The largest absolute Gasteiger partial charge is 0.462 e. The van der Waals surface area contributed by atoms with Crippen LogP contribution in [0.25, 0.3) is 0 Å². The summed E-state index contributed by atoms with van der Waals surface area (Å²) in [5.74, 6) is -0.567. The number of carbonyl (C=O) groups excluding carboxylic acids is 2. The normalized spacial score (nSPS) is 12.2. The Bertz CT molecular complexity index is 1040. The number of hydrogen-bond donors (Lipinski definition) is 1. The van der Waals surface area contributed by atoms with Gasteiger partial charge in [0.15, 0.2) is 6.10 Å². The Morgan fingerprint density at radius 3 is 0.868 bits per heavy atom. The van der Waals surface area contributed by atoms with E-state index in [4.69, 9.17) is 9.47 Å². The molecule has 1 unspecified atom stereocenters. The van der Waals surface area contributed by atoms with Crippen molar-refractivity contribution in [3.05, 3.63) is 24.3 Å². The molecule has 0 aliphatic heterocycles. The summed E-state index contributed by atoms with van der Waals surface area (Å²) in [5, 5.41) is 9.65. The maximum Gasteiger partial charge on any atom is 0.306 e. The lowest BCUT2D eigenvalue weighted by Crippen LogP contribution is -2.28. The molecule has 0 aromatic heterocycles. The number of aliphatic hydroxyl groups excluding tert-OH is 1. The lowest BCUT2D eigenvalue weighted by atomic mass is 10.0. The van der Waals surface area contributed by atoms with Crippen LogP contribution in [-0.4, -0.2) is 36.4 Å². The average Bonchev–Trinajstić information content (AvgIpc) is 3.34. The Morgan fingerprint density at radius 1 is 0.338 bits per heavy atom. The Hall–Kier alpha value is -1.62. The SMILES string of the molecule is CCCCCCC/C=C\C/C=C\CCCCCCCCCCCCCCCCCCCCCCCCCCCC(=O)OC(CO)COC(=O)CCCCCCCCCCCCCCCCCCC. The van der Waals surface area contributed by atoms with E-state index in [1.165, 1.54) is 283 Å². The number of carbonyl (C=O) groups is 2. The molecule has 1 N–H and O–H groups in total. The van der Waals surface area contributed by atoms with E-state index in [9.17, 15) is 14.7 Å². The van der Waals surface area contributed by atoms with Gasteiger partial charge >= 0.3 is 11.9 Å². The second kappa shape index (κ2) is 59.7. The Balaban J connectivity index is 3.36. The highest BCUT2D eigenvalue weighted by atomic mass is 16.6. The van der Waals surface area contributed by atoms with Gasteiger partial charge in [0.05, 0.1) is 6.61 Å². The summed E-state index contributed by atoms with van der Waals surface area (Å²) in [6, 6.07) is 0. The van der Waals surface area contributed by atoms with Gasteiger partial charge in [0.1, 0.15) is 6.61 Å². The molecule has 0 saturated heterocycles. The van der Waals surface area contributed by atoms with E-state index >= 15 is 0 Å². The van der Waals surface area contributed by atoms with E-state index in [0.717, 1.165) is 38.5 Å². The molecule has 68 heavy (non-hydrogen) atoms. The summed E-state index contributed by atoms with van der Waals surface area (Å²) in [4.78, 5) is 24.5. The standard InChI is InChI=1S/C63H120O5/c1-3-5-7-9-11-13-15-17-19-21-22-23-24-25-26-27-28-29-30-31-32-33-34-35-36-37-38-39-40-42-44-46-48-50-52-54-56-58-63(66)68-61(59-64)60-67-62(65)57-55-53-51-49-47-45-43-41-20-18-16-14-12-10-8-6-4-2/h15,17,21-22,61,64H,3-14,16,18-20,23-60H2,1-2H3/b17-15-,22-21-. The topological polar surface area (TPSA) is 72.8 Å². The van der Waals surface area contributed by atoms with Gasteiger partial charge in [0.25, 0.3) is 0 Å². The molecule has 0 rings (SSSR count). The molecule has 0 aromatic rings. The zero-order valence-corrected chi connectivity index (χ0v) is 46.2. The van der Waals surface area contributed by atoms with Gasteiger partial charge in [-0.2, -0.15) is 0 Å². The minimum Gasteiger partial charge on any atom is -0.462 e. The second-order valence-corrected chi connectivity index (χ2v) is 21.1. The Morgan fingerprint density at radius 2 is 0.588 bits per heavy atom. The van der Waals surface area contributed by atoms with Crippen LogP contribution in [0.4, 0.5) is 0 Å². The molecule has 0 fully saturated rings. The van der Waals surface area contributed by atoms with E-state index in [1.54, 1.807) is 0 Å². The lowest BCUT2D eigenvalue weighted by Gasteiger charge is -2.15. The van der Waals surface area contributed by atoms with Crippen LogP contribution in [0.2, 0.25) is 0 Å². The van der Waals surface area contributed by atoms with Crippen molar-refractivity contribution in [2.24, 2.45) is 0 Å². The number of allylic oxidation sites excluding steroid dienone is 4. The Kier molecular flexibility index (Phi) is 58.3. The van der Waals surface area contributed by atoms with Crippen molar-refractivity contribution in [3.63, 3.8) is 0 Å². The van der Waals surface area contributed by atoms with Crippen LogP contribution in [0.3, 0.4) is 0 Å². The van der Waals surface area contributed by atoms with Crippen LogP contribution in [0.15, 0.2) is 24.3 Å². The van der Waals surface area contributed by atoms with Gasteiger partial charge in [-0.1, -0.05) is 314 Å². The molecule has 5 heteroatoms. The molecule has 0 bridgehead atoms. The first-order chi connectivity index (χ1) is 33.6. The molecular formula is C63H120O5. The molecule has 0 aromatic carbocycles. The zero-order chi connectivity index (χ0) is 49.2. The van der Waals surface area contributed by atoms with Crippen LogP contribution in [0.1, 0.15) is 348 Å². The predicted molar refractivity (Wildman–Crippen MR) is 298 cm³/mol. The molecule has 0 spiro atoms. The fraction of sp³-hybridized carbons (Fsp3) is 0.905. The number of aliphatic hydroxyl groups is 1. The highest BCUT2D eigenvalue weighted by molar-refractivity contribution is 5.70. The second-order valence-electron chi connectivity index (χ2n) is 21.1. The summed E-state index contributed by atoms with van der Waals surface area (Å²) in [5.41, 5.74) is 0. The summed E-state index contributed by atoms with van der Waals surface area (Å²) in [7, 11) is 0. The first-order valence-corrected chi connectivity index (χ1v) is 30.9. The molecule has 402 valence electrons. The Labute approximate surface area is 425 Å². The van der Waals surface area contributed by atoms with Gasteiger partial charge in [0.2, 0.25) is 0 Å². The first kappa shape index (κ1) is 66.4. The number of unbranched alkanes of at least 4 members (excludes halogenated alkanes) is 46. The van der Waals surface area contributed by atoms with Crippen LogP contribution in [0.5, 0.6) is 0 Å². The number of ether oxygens (including phenoxy) is 2. The molecule has 0 saturated carbocycles. The quantitative estimate of drug-likeness (QED) is 0.0374. The van der Waals surface area contributed by atoms with Crippen molar-refractivity contribution in [1.82, 2.24) is 0 Å². The third-order valence-electron chi connectivity index (χ3n) is 14.2. The number of hydrogen-bond acceptors (Lipinski definition) is 5. The van der Waals surface area contributed by atoms with Gasteiger partial charge in [-0.25, -0.2) is 0 Å². The summed E-state index contributed by atoms with van der Waals surface area (Å²) in [6.07, 6.45) is 76.2. The van der Waals surface area contributed by atoms with Crippen molar-refractivity contribution >= 4 is 11.9 Å². The maximum absolute atomic E-state index is 12.3. The third kappa shape index (κ3) is 57.0. The van der Waals surface area contributed by atoms with Crippen LogP contribution < -0.4 is 0 Å².